The lowest BCUT2D eigenvalue weighted by molar-refractivity contribution is -0.136. The van der Waals surface area contributed by atoms with Gasteiger partial charge < -0.3 is 5.11 Å². The van der Waals surface area contributed by atoms with Crippen LogP contribution in [0.1, 0.15) is 11.4 Å². The monoisotopic (exact) mass is 234 g/mol. The largest absolute Gasteiger partial charge is 0.481 e. The number of aryl methyl sites for hydroxylation is 1. The summed E-state index contributed by atoms with van der Waals surface area (Å²) < 4.78 is 0. The van der Waals surface area contributed by atoms with Crippen LogP contribution in [0.3, 0.4) is 0 Å². The molecule has 0 aliphatic rings. The van der Waals surface area contributed by atoms with Gasteiger partial charge in [-0.2, -0.15) is 0 Å². The highest BCUT2D eigenvalue weighted by Crippen LogP contribution is 2.22. The summed E-state index contributed by atoms with van der Waals surface area (Å²) in [4.78, 5) is 19.1. The topological polar surface area (TPSA) is 63.1 Å². The Labute approximate surface area is 96.6 Å². The lowest BCUT2D eigenvalue weighted by atomic mass is 10.3. The first kappa shape index (κ1) is 10.8. The second-order valence-corrected chi connectivity index (χ2v) is 4.24. The van der Waals surface area contributed by atoms with Crippen molar-refractivity contribution in [2.24, 2.45) is 0 Å². The maximum absolute atomic E-state index is 10.5. The van der Waals surface area contributed by atoms with Crippen molar-refractivity contribution in [3.05, 3.63) is 35.0 Å². The molecule has 0 unspecified atom stereocenters. The first-order valence-corrected chi connectivity index (χ1v) is 5.63. The Morgan fingerprint density at radius 1 is 1.44 bits per heavy atom. The van der Waals surface area contributed by atoms with Gasteiger partial charge in [0, 0.05) is 11.1 Å². The number of hydrogen-bond donors (Lipinski definition) is 1. The fraction of sp³-hybridized carbons (Fsp3) is 0.182. The Morgan fingerprint density at radius 2 is 2.25 bits per heavy atom. The molecule has 0 saturated carbocycles. The SMILES string of the molecule is Cc1cccc(-c2nc(CC(=O)O)cs2)n1. The zero-order valence-electron chi connectivity index (χ0n) is 8.67. The molecule has 0 spiro atoms. The molecular formula is C11H10N2O2S. The number of thiazole rings is 1. The summed E-state index contributed by atoms with van der Waals surface area (Å²) in [6.45, 7) is 1.91. The van der Waals surface area contributed by atoms with Crippen molar-refractivity contribution in [2.45, 2.75) is 13.3 Å². The molecule has 2 rings (SSSR count). The van der Waals surface area contributed by atoms with E-state index in [4.69, 9.17) is 5.11 Å². The number of pyridine rings is 1. The molecule has 0 fully saturated rings. The number of hydrogen-bond acceptors (Lipinski definition) is 4. The third kappa shape index (κ3) is 2.43. The van der Waals surface area contributed by atoms with Gasteiger partial charge in [-0.1, -0.05) is 6.07 Å². The summed E-state index contributed by atoms with van der Waals surface area (Å²) in [5.74, 6) is -0.867. The van der Waals surface area contributed by atoms with Gasteiger partial charge in [-0.3, -0.25) is 9.78 Å². The van der Waals surface area contributed by atoms with Crippen LogP contribution >= 0.6 is 11.3 Å². The van der Waals surface area contributed by atoms with Gasteiger partial charge in [-0.15, -0.1) is 11.3 Å². The fourth-order valence-electron chi connectivity index (χ4n) is 1.32. The van der Waals surface area contributed by atoms with E-state index in [1.54, 1.807) is 5.38 Å². The second-order valence-electron chi connectivity index (χ2n) is 3.38. The third-order valence-electron chi connectivity index (χ3n) is 1.99. The second kappa shape index (κ2) is 4.40. The molecule has 2 aromatic heterocycles. The molecule has 0 atom stereocenters. The van der Waals surface area contributed by atoms with Crippen LogP contribution in [0, 0.1) is 6.92 Å². The summed E-state index contributed by atoms with van der Waals surface area (Å²) in [6, 6.07) is 5.70. The quantitative estimate of drug-likeness (QED) is 0.883. The van der Waals surface area contributed by atoms with Crippen molar-refractivity contribution in [3.63, 3.8) is 0 Å². The molecule has 0 aliphatic heterocycles. The molecule has 0 aliphatic carbocycles. The number of aromatic nitrogens is 2. The number of carboxylic acid groups (broad SMARTS) is 1. The maximum Gasteiger partial charge on any atom is 0.309 e. The summed E-state index contributed by atoms with van der Waals surface area (Å²) in [6.07, 6.45) is -0.0394. The van der Waals surface area contributed by atoms with E-state index in [1.807, 2.05) is 25.1 Å². The normalized spacial score (nSPS) is 10.3. The van der Waals surface area contributed by atoms with Gasteiger partial charge in [-0.05, 0) is 19.1 Å². The highest BCUT2D eigenvalue weighted by Gasteiger charge is 2.08. The lowest BCUT2D eigenvalue weighted by Crippen LogP contribution is -2.00. The van der Waals surface area contributed by atoms with Crippen LogP contribution < -0.4 is 0 Å². The van der Waals surface area contributed by atoms with E-state index in [2.05, 4.69) is 9.97 Å². The van der Waals surface area contributed by atoms with E-state index in [0.717, 1.165) is 16.4 Å². The first-order chi connectivity index (χ1) is 7.65. The fourth-order valence-corrected chi connectivity index (χ4v) is 2.11. The van der Waals surface area contributed by atoms with Crippen molar-refractivity contribution in [3.8, 4) is 10.7 Å². The molecule has 0 aromatic carbocycles. The molecule has 2 aromatic rings. The molecule has 0 amide bonds. The number of rotatable bonds is 3. The lowest BCUT2D eigenvalue weighted by Gasteiger charge is -1.96. The maximum atomic E-state index is 10.5. The molecule has 2 heterocycles. The van der Waals surface area contributed by atoms with Crippen LogP contribution in [0.25, 0.3) is 10.7 Å². The number of carbonyl (C=O) groups is 1. The van der Waals surface area contributed by atoms with Crippen molar-refractivity contribution in [1.29, 1.82) is 0 Å². The van der Waals surface area contributed by atoms with Gasteiger partial charge in [0.15, 0.2) is 0 Å². The van der Waals surface area contributed by atoms with Gasteiger partial charge in [0.2, 0.25) is 0 Å². The van der Waals surface area contributed by atoms with Crippen LogP contribution in [-0.2, 0) is 11.2 Å². The predicted octanol–water partition coefficient (Wildman–Crippen LogP) is 2.14. The number of nitrogens with zero attached hydrogens (tertiary/aromatic N) is 2. The smallest absolute Gasteiger partial charge is 0.309 e. The zero-order chi connectivity index (χ0) is 11.5. The Bertz CT molecular complexity index is 522. The molecule has 0 bridgehead atoms. The Morgan fingerprint density at radius 3 is 2.94 bits per heavy atom. The standard InChI is InChI=1S/C11H10N2O2S/c1-7-3-2-4-9(12-7)11-13-8(6-16-11)5-10(14)15/h2-4,6H,5H2,1H3,(H,14,15). The van der Waals surface area contributed by atoms with Crippen LogP contribution in [0.4, 0.5) is 0 Å². The number of aliphatic carboxylic acids is 1. The van der Waals surface area contributed by atoms with E-state index in [9.17, 15) is 4.79 Å². The van der Waals surface area contributed by atoms with E-state index >= 15 is 0 Å². The predicted molar refractivity (Wildman–Crippen MR) is 61.4 cm³/mol. The summed E-state index contributed by atoms with van der Waals surface area (Å²) in [5, 5.41) is 11.2. The molecule has 16 heavy (non-hydrogen) atoms. The zero-order valence-corrected chi connectivity index (χ0v) is 9.49. The van der Waals surface area contributed by atoms with Crippen LogP contribution in [0.5, 0.6) is 0 Å². The Hall–Kier alpha value is -1.75. The van der Waals surface area contributed by atoms with Gasteiger partial charge in [-0.25, -0.2) is 4.98 Å². The van der Waals surface area contributed by atoms with Crippen molar-refractivity contribution >= 4 is 17.3 Å². The van der Waals surface area contributed by atoms with E-state index in [-0.39, 0.29) is 6.42 Å². The average molecular weight is 234 g/mol. The van der Waals surface area contributed by atoms with E-state index in [1.165, 1.54) is 11.3 Å². The Balaban J connectivity index is 2.28. The molecular weight excluding hydrogens is 224 g/mol. The third-order valence-corrected chi connectivity index (χ3v) is 2.91. The minimum atomic E-state index is -0.867. The average Bonchev–Trinajstić information content (AvgIpc) is 2.65. The molecule has 4 nitrogen and oxygen atoms in total. The molecule has 5 heteroatoms. The minimum Gasteiger partial charge on any atom is -0.481 e. The summed E-state index contributed by atoms with van der Waals surface area (Å²) in [7, 11) is 0. The van der Waals surface area contributed by atoms with Gasteiger partial charge in [0.25, 0.3) is 0 Å². The molecule has 1 N–H and O–H groups in total. The van der Waals surface area contributed by atoms with Crippen LogP contribution in [0.15, 0.2) is 23.6 Å². The Kier molecular flexibility index (Phi) is 2.96. The van der Waals surface area contributed by atoms with Gasteiger partial charge in [0.1, 0.15) is 5.01 Å². The van der Waals surface area contributed by atoms with Gasteiger partial charge in [0.05, 0.1) is 17.8 Å². The van der Waals surface area contributed by atoms with Crippen molar-refractivity contribution in [1.82, 2.24) is 9.97 Å². The molecule has 82 valence electrons. The number of carboxylic acids is 1. The highest BCUT2D eigenvalue weighted by atomic mass is 32.1. The first-order valence-electron chi connectivity index (χ1n) is 4.75. The van der Waals surface area contributed by atoms with Crippen LogP contribution in [0.2, 0.25) is 0 Å². The van der Waals surface area contributed by atoms with Gasteiger partial charge >= 0.3 is 5.97 Å². The summed E-state index contributed by atoms with van der Waals surface area (Å²) >= 11 is 1.42. The summed E-state index contributed by atoms with van der Waals surface area (Å²) in [5.41, 5.74) is 2.30. The van der Waals surface area contributed by atoms with E-state index < -0.39 is 5.97 Å². The minimum absolute atomic E-state index is 0.0394. The van der Waals surface area contributed by atoms with Crippen molar-refractivity contribution in [2.75, 3.05) is 0 Å². The highest BCUT2D eigenvalue weighted by molar-refractivity contribution is 7.13. The molecule has 0 saturated heterocycles. The van der Waals surface area contributed by atoms with Crippen LogP contribution in [-0.4, -0.2) is 21.0 Å². The van der Waals surface area contributed by atoms with E-state index in [0.29, 0.717) is 5.69 Å². The molecule has 0 radical (unpaired) electrons. The van der Waals surface area contributed by atoms with Crippen molar-refractivity contribution < 1.29 is 9.90 Å².